The number of aromatic nitrogens is 3. The first-order valence-electron chi connectivity index (χ1n) is 5.98. The third kappa shape index (κ3) is 3.39. The molecule has 0 amide bonds. The Morgan fingerprint density at radius 3 is 2.67 bits per heavy atom. The van der Waals surface area contributed by atoms with E-state index >= 15 is 0 Å². The molecule has 0 saturated carbocycles. The summed E-state index contributed by atoms with van der Waals surface area (Å²) in [5.74, 6) is -0.200. The summed E-state index contributed by atoms with van der Waals surface area (Å²) in [6, 6.07) is 4.48. The van der Waals surface area contributed by atoms with Gasteiger partial charge in [0, 0.05) is 23.4 Å². The molecule has 2 aromatic rings. The van der Waals surface area contributed by atoms with Crippen LogP contribution in [0.3, 0.4) is 0 Å². The average molecular weight is 334 g/mol. The molecule has 0 fully saturated rings. The van der Waals surface area contributed by atoms with Gasteiger partial charge in [-0.2, -0.15) is 0 Å². The number of methoxy groups -OCH3 is 1. The lowest BCUT2D eigenvalue weighted by Gasteiger charge is -2.08. The Labute approximate surface area is 125 Å². The third-order valence-electron chi connectivity index (χ3n) is 2.88. The van der Waals surface area contributed by atoms with Crippen LogP contribution in [0.25, 0.3) is 11.4 Å². The van der Waals surface area contributed by atoms with E-state index in [1.54, 1.807) is 19.1 Å². The summed E-state index contributed by atoms with van der Waals surface area (Å²) in [6.07, 6.45) is 0. The highest BCUT2D eigenvalue weighted by Crippen LogP contribution is 2.24. The van der Waals surface area contributed by atoms with Crippen LogP contribution in [0.15, 0.2) is 23.4 Å². The fraction of sp³-hybridized carbons (Fsp3) is 0.333. The normalized spacial score (nSPS) is 11.8. The van der Waals surface area contributed by atoms with Gasteiger partial charge in [0.2, 0.25) is 0 Å². The zero-order valence-electron chi connectivity index (χ0n) is 11.4. The summed E-state index contributed by atoms with van der Waals surface area (Å²) >= 11 is 0. The average Bonchev–Trinajstić information content (AvgIpc) is 2.83. The van der Waals surface area contributed by atoms with E-state index in [0.717, 1.165) is 0 Å². The molecule has 0 atom stereocenters. The zero-order valence-corrected chi connectivity index (χ0v) is 12.9. The molecule has 21 heavy (non-hydrogen) atoms. The molecule has 9 heteroatoms. The first-order chi connectivity index (χ1) is 9.84. The topological polar surface area (TPSA) is 74.1 Å². The van der Waals surface area contributed by atoms with Gasteiger partial charge in [0.15, 0.2) is 5.82 Å². The lowest BCUT2D eigenvalue weighted by atomic mass is 10.1. The largest absolute Gasteiger partial charge is 0.383 e. The molecule has 1 aromatic carbocycles. The molecule has 0 aliphatic rings. The number of hydrogen-bond donors (Lipinski definition) is 0. The molecule has 0 radical (unpaired) electrons. The number of nitrogens with zero attached hydrogens (tertiary/aromatic N) is 3. The quantitative estimate of drug-likeness (QED) is 0.782. The van der Waals surface area contributed by atoms with Crippen molar-refractivity contribution in [2.45, 2.75) is 18.6 Å². The van der Waals surface area contributed by atoms with Gasteiger partial charge in [-0.05, 0) is 18.6 Å². The fourth-order valence-corrected chi connectivity index (χ4v) is 2.72. The van der Waals surface area contributed by atoms with Crippen LogP contribution in [0.2, 0.25) is 0 Å². The van der Waals surface area contributed by atoms with E-state index in [1.807, 2.05) is 0 Å². The molecule has 114 valence electrons. The van der Waals surface area contributed by atoms with E-state index in [4.69, 9.17) is 15.4 Å². The smallest absolute Gasteiger partial charge is 0.296 e. The molecule has 0 aliphatic heterocycles. The van der Waals surface area contributed by atoms with Crippen LogP contribution in [0.4, 0.5) is 4.39 Å². The highest BCUT2D eigenvalue weighted by molar-refractivity contribution is 8.13. The van der Waals surface area contributed by atoms with Gasteiger partial charge in [-0.3, -0.25) is 4.57 Å². The van der Waals surface area contributed by atoms with E-state index < -0.39 is 20.0 Å². The minimum atomic E-state index is -4.06. The molecule has 6 nitrogen and oxygen atoms in total. The van der Waals surface area contributed by atoms with E-state index in [1.165, 1.54) is 17.7 Å². The van der Waals surface area contributed by atoms with Crippen molar-refractivity contribution in [2.75, 3.05) is 13.7 Å². The first-order valence-corrected chi connectivity index (χ1v) is 8.29. The molecule has 0 N–H and O–H groups in total. The second-order valence-electron chi connectivity index (χ2n) is 4.35. The SMILES string of the molecule is COCCn1c(-c2ccc(C)c(F)c2)nnc1S(=O)(=O)Cl. The Balaban J connectivity index is 2.57. The Bertz CT molecular complexity index is 761. The van der Waals surface area contributed by atoms with E-state index in [-0.39, 0.29) is 19.0 Å². The number of aryl methyl sites for hydroxylation is 1. The minimum Gasteiger partial charge on any atom is -0.383 e. The molecule has 0 spiro atoms. The molecule has 2 rings (SSSR count). The summed E-state index contributed by atoms with van der Waals surface area (Å²) in [6.45, 7) is 2.04. The lowest BCUT2D eigenvalue weighted by molar-refractivity contribution is 0.185. The number of benzene rings is 1. The van der Waals surface area contributed by atoms with Crippen molar-refractivity contribution in [3.05, 3.63) is 29.6 Å². The van der Waals surface area contributed by atoms with Crippen molar-refractivity contribution in [3.8, 4) is 11.4 Å². The van der Waals surface area contributed by atoms with Gasteiger partial charge in [0.05, 0.1) is 13.2 Å². The zero-order chi connectivity index (χ0) is 15.6. The maximum Gasteiger partial charge on any atom is 0.296 e. The van der Waals surface area contributed by atoms with Crippen molar-refractivity contribution in [3.63, 3.8) is 0 Å². The first kappa shape index (κ1) is 15.9. The highest BCUT2D eigenvalue weighted by Gasteiger charge is 2.23. The number of halogens is 2. The Kier molecular flexibility index (Phi) is 4.60. The standard InChI is InChI=1S/C12H13ClFN3O3S/c1-8-3-4-9(7-10(8)14)11-15-16-12(21(13,18)19)17(11)5-6-20-2/h3-4,7H,5-6H2,1-2H3. The Morgan fingerprint density at radius 1 is 1.38 bits per heavy atom. The van der Waals surface area contributed by atoms with Gasteiger partial charge >= 0.3 is 0 Å². The van der Waals surface area contributed by atoms with Crippen LogP contribution < -0.4 is 0 Å². The maximum atomic E-state index is 13.7. The summed E-state index contributed by atoms with van der Waals surface area (Å²) < 4.78 is 42.9. The maximum absolute atomic E-state index is 13.7. The molecule has 0 bridgehead atoms. The van der Waals surface area contributed by atoms with Gasteiger partial charge in [-0.15, -0.1) is 10.2 Å². The molecule has 0 unspecified atom stereocenters. The van der Waals surface area contributed by atoms with E-state index in [9.17, 15) is 12.8 Å². The van der Waals surface area contributed by atoms with Gasteiger partial charge in [0.25, 0.3) is 14.2 Å². The fourth-order valence-electron chi connectivity index (χ4n) is 1.80. The van der Waals surface area contributed by atoms with Crippen molar-refractivity contribution in [1.29, 1.82) is 0 Å². The van der Waals surface area contributed by atoms with E-state index in [2.05, 4.69) is 10.2 Å². The summed E-state index contributed by atoms with van der Waals surface area (Å²) in [7, 11) is 2.75. The van der Waals surface area contributed by atoms with Crippen LogP contribution in [-0.2, 0) is 20.3 Å². The second kappa shape index (κ2) is 6.08. The van der Waals surface area contributed by atoms with Gasteiger partial charge in [0.1, 0.15) is 5.82 Å². The van der Waals surface area contributed by atoms with Crippen molar-refractivity contribution in [2.24, 2.45) is 0 Å². The van der Waals surface area contributed by atoms with Crippen LogP contribution >= 0.6 is 10.7 Å². The summed E-state index contributed by atoms with van der Waals surface area (Å²) in [5.41, 5.74) is 0.889. The molecule has 0 saturated heterocycles. The number of ether oxygens (including phenoxy) is 1. The monoisotopic (exact) mass is 333 g/mol. The minimum absolute atomic E-state index is 0.176. The number of hydrogen-bond acceptors (Lipinski definition) is 5. The summed E-state index contributed by atoms with van der Waals surface area (Å²) in [4.78, 5) is 0. The molecular formula is C12H13ClFN3O3S. The van der Waals surface area contributed by atoms with E-state index in [0.29, 0.717) is 11.1 Å². The van der Waals surface area contributed by atoms with Crippen LogP contribution in [0.1, 0.15) is 5.56 Å². The molecular weight excluding hydrogens is 321 g/mol. The van der Waals surface area contributed by atoms with Crippen molar-refractivity contribution >= 4 is 19.7 Å². The molecule has 1 heterocycles. The summed E-state index contributed by atoms with van der Waals surface area (Å²) in [5, 5.41) is 7.00. The Morgan fingerprint density at radius 2 is 2.10 bits per heavy atom. The van der Waals surface area contributed by atoms with Crippen molar-refractivity contribution < 1.29 is 17.5 Å². The number of rotatable bonds is 5. The van der Waals surface area contributed by atoms with Gasteiger partial charge in [-0.25, -0.2) is 12.8 Å². The van der Waals surface area contributed by atoms with Gasteiger partial charge in [-0.1, -0.05) is 12.1 Å². The van der Waals surface area contributed by atoms with Crippen LogP contribution in [0.5, 0.6) is 0 Å². The van der Waals surface area contributed by atoms with Crippen molar-refractivity contribution in [1.82, 2.24) is 14.8 Å². The molecule has 0 aliphatic carbocycles. The Hall–Kier alpha value is -1.51. The lowest BCUT2D eigenvalue weighted by Crippen LogP contribution is -2.11. The molecule has 1 aromatic heterocycles. The third-order valence-corrected chi connectivity index (χ3v) is 4.04. The van der Waals surface area contributed by atoms with Gasteiger partial charge < -0.3 is 4.74 Å². The predicted molar refractivity (Wildman–Crippen MR) is 75.1 cm³/mol. The second-order valence-corrected chi connectivity index (χ2v) is 6.81. The predicted octanol–water partition coefficient (Wildman–Crippen LogP) is 1.97. The van der Waals surface area contributed by atoms with Crippen LogP contribution in [-0.4, -0.2) is 36.9 Å². The highest BCUT2D eigenvalue weighted by atomic mass is 35.7. The van der Waals surface area contributed by atoms with Crippen LogP contribution in [0, 0.1) is 12.7 Å².